The van der Waals surface area contributed by atoms with Crippen molar-refractivity contribution in [2.24, 2.45) is 0 Å². The molecule has 2 amide bonds. The van der Waals surface area contributed by atoms with Gasteiger partial charge >= 0.3 is 0 Å². The van der Waals surface area contributed by atoms with E-state index >= 15 is 0 Å². The van der Waals surface area contributed by atoms with Crippen LogP contribution in [-0.2, 0) is 9.53 Å². The summed E-state index contributed by atoms with van der Waals surface area (Å²) in [6.07, 6.45) is 3.50. The van der Waals surface area contributed by atoms with Crippen molar-refractivity contribution in [3.05, 3.63) is 29.3 Å². The largest absolute Gasteiger partial charge is 0.378 e. The lowest BCUT2D eigenvalue weighted by Crippen LogP contribution is -2.33. The summed E-state index contributed by atoms with van der Waals surface area (Å²) >= 11 is 0. The standard InChI is InChI=1S/C19H28N2O3/c1-13(2)21(4)19(23)17-11-15(9-8-14(17)3)20-18(22)12-16-7-5-6-10-24-16/h8-9,11,13,16H,5-7,10,12H2,1-4H3,(H,20,22)/t16-/m0/s1. The molecule has 0 spiro atoms. The molecule has 0 saturated carbocycles. The minimum Gasteiger partial charge on any atom is -0.378 e. The predicted molar refractivity (Wildman–Crippen MR) is 95.2 cm³/mol. The molecule has 1 aliphatic rings. The van der Waals surface area contributed by atoms with E-state index in [1.54, 1.807) is 18.0 Å². The summed E-state index contributed by atoms with van der Waals surface area (Å²) in [6.45, 7) is 6.59. The summed E-state index contributed by atoms with van der Waals surface area (Å²) in [5.41, 5.74) is 2.18. The fourth-order valence-corrected chi connectivity index (χ4v) is 2.74. The van der Waals surface area contributed by atoms with Gasteiger partial charge in [-0.1, -0.05) is 6.07 Å². The van der Waals surface area contributed by atoms with E-state index in [-0.39, 0.29) is 24.0 Å². The highest BCUT2D eigenvalue weighted by molar-refractivity contribution is 5.98. The van der Waals surface area contributed by atoms with Gasteiger partial charge in [0, 0.05) is 30.9 Å². The average Bonchev–Trinajstić information content (AvgIpc) is 2.56. The van der Waals surface area contributed by atoms with E-state index in [0.717, 1.165) is 31.4 Å². The number of nitrogens with one attached hydrogen (secondary N) is 1. The molecule has 24 heavy (non-hydrogen) atoms. The van der Waals surface area contributed by atoms with Crippen molar-refractivity contribution < 1.29 is 14.3 Å². The highest BCUT2D eigenvalue weighted by atomic mass is 16.5. The fourth-order valence-electron chi connectivity index (χ4n) is 2.74. The summed E-state index contributed by atoms with van der Waals surface area (Å²) in [5.74, 6) is -0.101. The van der Waals surface area contributed by atoms with Crippen LogP contribution < -0.4 is 5.32 Å². The van der Waals surface area contributed by atoms with Crippen LogP contribution in [0, 0.1) is 6.92 Å². The molecule has 0 bridgehead atoms. The van der Waals surface area contributed by atoms with Crippen molar-refractivity contribution in [1.82, 2.24) is 4.90 Å². The van der Waals surface area contributed by atoms with Crippen molar-refractivity contribution >= 4 is 17.5 Å². The second-order valence-electron chi connectivity index (χ2n) is 6.78. The zero-order valence-corrected chi connectivity index (χ0v) is 15.1. The second kappa shape index (κ2) is 8.29. The van der Waals surface area contributed by atoms with Gasteiger partial charge in [-0.2, -0.15) is 0 Å². The zero-order valence-electron chi connectivity index (χ0n) is 15.1. The Kier molecular flexibility index (Phi) is 6.37. The third-order valence-corrected chi connectivity index (χ3v) is 4.53. The molecule has 0 radical (unpaired) electrons. The van der Waals surface area contributed by atoms with Crippen LogP contribution in [-0.4, -0.2) is 42.5 Å². The normalized spacial score (nSPS) is 17.6. The first-order valence-corrected chi connectivity index (χ1v) is 8.67. The van der Waals surface area contributed by atoms with E-state index in [4.69, 9.17) is 4.74 Å². The number of aryl methyl sites for hydroxylation is 1. The van der Waals surface area contributed by atoms with Crippen LogP contribution >= 0.6 is 0 Å². The SMILES string of the molecule is Cc1ccc(NC(=O)C[C@@H]2CCCCO2)cc1C(=O)N(C)C(C)C. The van der Waals surface area contributed by atoms with Gasteiger partial charge in [0.2, 0.25) is 5.91 Å². The minimum atomic E-state index is -0.0682. The van der Waals surface area contributed by atoms with E-state index in [1.165, 1.54) is 0 Å². The van der Waals surface area contributed by atoms with Gasteiger partial charge in [0.15, 0.2) is 0 Å². The van der Waals surface area contributed by atoms with E-state index in [2.05, 4.69) is 5.32 Å². The molecular formula is C19H28N2O3. The molecular weight excluding hydrogens is 304 g/mol. The van der Waals surface area contributed by atoms with Crippen molar-refractivity contribution in [3.63, 3.8) is 0 Å². The van der Waals surface area contributed by atoms with Gasteiger partial charge in [-0.05, 0) is 57.7 Å². The molecule has 0 aromatic heterocycles. The number of benzene rings is 1. The third-order valence-electron chi connectivity index (χ3n) is 4.53. The molecule has 1 N–H and O–H groups in total. The van der Waals surface area contributed by atoms with Crippen LogP contribution in [0.5, 0.6) is 0 Å². The van der Waals surface area contributed by atoms with E-state index in [1.807, 2.05) is 32.9 Å². The first-order chi connectivity index (χ1) is 11.4. The Hall–Kier alpha value is -1.88. The molecule has 0 aliphatic carbocycles. The summed E-state index contributed by atoms with van der Waals surface area (Å²) < 4.78 is 5.60. The number of nitrogens with zero attached hydrogens (tertiary/aromatic N) is 1. The molecule has 1 fully saturated rings. The average molecular weight is 332 g/mol. The molecule has 5 heteroatoms. The van der Waals surface area contributed by atoms with Crippen LogP contribution in [0.2, 0.25) is 0 Å². The minimum absolute atomic E-state index is 0.0115. The quantitative estimate of drug-likeness (QED) is 0.899. The lowest BCUT2D eigenvalue weighted by molar-refractivity contribution is -0.119. The lowest BCUT2D eigenvalue weighted by Gasteiger charge is -2.23. The number of hydrogen-bond donors (Lipinski definition) is 1. The number of amides is 2. The Labute approximate surface area is 144 Å². The molecule has 1 aromatic carbocycles. The predicted octanol–water partition coefficient (Wildman–Crippen LogP) is 3.37. The van der Waals surface area contributed by atoms with Gasteiger partial charge in [0.1, 0.15) is 0 Å². The topological polar surface area (TPSA) is 58.6 Å². The van der Waals surface area contributed by atoms with Crippen molar-refractivity contribution in [2.45, 2.75) is 58.6 Å². The van der Waals surface area contributed by atoms with E-state index in [9.17, 15) is 9.59 Å². The smallest absolute Gasteiger partial charge is 0.254 e. The Bertz CT molecular complexity index is 592. The zero-order chi connectivity index (χ0) is 17.7. The van der Waals surface area contributed by atoms with E-state index < -0.39 is 0 Å². The number of carbonyl (C=O) groups is 2. The Morgan fingerprint density at radius 1 is 1.33 bits per heavy atom. The van der Waals surface area contributed by atoms with Crippen LogP contribution in [0.4, 0.5) is 5.69 Å². The Morgan fingerprint density at radius 2 is 2.08 bits per heavy atom. The second-order valence-corrected chi connectivity index (χ2v) is 6.78. The van der Waals surface area contributed by atoms with Crippen LogP contribution in [0.25, 0.3) is 0 Å². The molecule has 132 valence electrons. The fraction of sp³-hybridized carbons (Fsp3) is 0.579. The summed E-state index contributed by atoms with van der Waals surface area (Å²) in [6, 6.07) is 5.59. The molecule has 1 aromatic rings. The molecule has 1 atom stereocenters. The van der Waals surface area contributed by atoms with Gasteiger partial charge < -0.3 is 15.0 Å². The number of hydrogen-bond acceptors (Lipinski definition) is 3. The summed E-state index contributed by atoms with van der Waals surface area (Å²) in [7, 11) is 1.79. The molecule has 1 heterocycles. The van der Waals surface area contributed by atoms with E-state index in [0.29, 0.717) is 17.7 Å². The van der Waals surface area contributed by atoms with Crippen molar-refractivity contribution in [3.8, 4) is 0 Å². The Morgan fingerprint density at radius 3 is 2.71 bits per heavy atom. The van der Waals surface area contributed by atoms with Crippen LogP contribution in [0.3, 0.4) is 0 Å². The summed E-state index contributed by atoms with van der Waals surface area (Å²) in [4.78, 5) is 26.5. The first-order valence-electron chi connectivity index (χ1n) is 8.67. The highest BCUT2D eigenvalue weighted by Gasteiger charge is 2.19. The van der Waals surface area contributed by atoms with Gasteiger partial charge in [-0.15, -0.1) is 0 Å². The highest BCUT2D eigenvalue weighted by Crippen LogP contribution is 2.20. The summed E-state index contributed by atoms with van der Waals surface area (Å²) in [5, 5.41) is 2.89. The van der Waals surface area contributed by atoms with Crippen LogP contribution in [0.15, 0.2) is 18.2 Å². The van der Waals surface area contributed by atoms with Gasteiger partial charge in [0.25, 0.3) is 5.91 Å². The monoisotopic (exact) mass is 332 g/mol. The number of ether oxygens (including phenoxy) is 1. The maximum absolute atomic E-state index is 12.6. The van der Waals surface area contributed by atoms with Gasteiger partial charge in [-0.25, -0.2) is 0 Å². The maximum atomic E-state index is 12.6. The van der Waals surface area contributed by atoms with Crippen molar-refractivity contribution in [1.29, 1.82) is 0 Å². The molecule has 1 aliphatic heterocycles. The third kappa shape index (κ3) is 4.81. The molecule has 2 rings (SSSR count). The number of anilines is 1. The van der Waals surface area contributed by atoms with Gasteiger partial charge in [0.05, 0.1) is 12.5 Å². The van der Waals surface area contributed by atoms with Gasteiger partial charge in [-0.3, -0.25) is 9.59 Å². The first kappa shape index (κ1) is 18.5. The number of rotatable bonds is 5. The number of carbonyl (C=O) groups excluding carboxylic acids is 2. The molecule has 5 nitrogen and oxygen atoms in total. The van der Waals surface area contributed by atoms with Crippen molar-refractivity contribution in [2.75, 3.05) is 19.0 Å². The lowest BCUT2D eigenvalue weighted by atomic mass is 10.0. The molecule has 0 unspecified atom stereocenters. The maximum Gasteiger partial charge on any atom is 0.254 e. The molecule has 1 saturated heterocycles. The van der Waals surface area contributed by atoms with Crippen LogP contribution in [0.1, 0.15) is 55.5 Å². The Balaban J connectivity index is 2.04.